The number of esters is 1. The number of fused-ring (bicyclic) bond motifs is 1. The summed E-state index contributed by atoms with van der Waals surface area (Å²) < 4.78 is 32.5. The molecule has 8 nitrogen and oxygen atoms in total. The Labute approximate surface area is 205 Å². The lowest BCUT2D eigenvalue weighted by Crippen LogP contribution is -2.35. The summed E-state index contributed by atoms with van der Waals surface area (Å²) in [6.07, 6.45) is 3.22. The van der Waals surface area contributed by atoms with Gasteiger partial charge in [-0.2, -0.15) is 4.31 Å². The van der Waals surface area contributed by atoms with Gasteiger partial charge in [0.15, 0.2) is 6.61 Å². The van der Waals surface area contributed by atoms with Gasteiger partial charge in [0, 0.05) is 36.3 Å². The number of anilines is 1. The number of aryl methyl sites for hydroxylation is 2. The third-order valence-corrected chi connectivity index (χ3v) is 7.94. The fraction of sp³-hybridized carbons (Fsp3) is 0.346. The maximum absolute atomic E-state index is 13.0. The number of hydrogen-bond donors (Lipinski definition) is 1. The van der Waals surface area contributed by atoms with E-state index in [0.717, 1.165) is 35.9 Å². The fourth-order valence-corrected chi connectivity index (χ4v) is 5.58. The summed E-state index contributed by atoms with van der Waals surface area (Å²) >= 11 is 0. The predicted octanol–water partition coefficient (Wildman–Crippen LogP) is 3.83. The van der Waals surface area contributed by atoms with E-state index in [4.69, 9.17) is 4.74 Å². The normalized spacial score (nSPS) is 14.5. The third-order valence-electron chi connectivity index (χ3n) is 6.04. The van der Waals surface area contributed by atoms with E-state index >= 15 is 0 Å². The third kappa shape index (κ3) is 6.23. The highest BCUT2D eigenvalue weighted by Crippen LogP contribution is 2.25. The predicted molar refractivity (Wildman–Crippen MR) is 133 cm³/mol. The quantitative estimate of drug-likeness (QED) is 0.476. The van der Waals surface area contributed by atoms with Crippen molar-refractivity contribution in [2.45, 2.75) is 43.9 Å². The van der Waals surface area contributed by atoms with Crippen LogP contribution in [-0.2, 0) is 30.8 Å². The Morgan fingerprint density at radius 1 is 1.03 bits per heavy atom. The molecule has 2 aromatic carbocycles. The number of nitrogens with one attached hydrogen (secondary N) is 1. The Morgan fingerprint density at radius 3 is 2.60 bits per heavy atom. The first-order valence-corrected chi connectivity index (χ1v) is 13.2. The van der Waals surface area contributed by atoms with Gasteiger partial charge in [0.25, 0.3) is 5.91 Å². The van der Waals surface area contributed by atoms with Crippen molar-refractivity contribution < 1.29 is 22.7 Å². The Kier molecular flexibility index (Phi) is 7.77. The van der Waals surface area contributed by atoms with Gasteiger partial charge in [0.2, 0.25) is 10.0 Å². The molecule has 1 saturated heterocycles. The van der Waals surface area contributed by atoms with Crippen LogP contribution in [0.2, 0.25) is 0 Å². The van der Waals surface area contributed by atoms with Gasteiger partial charge in [0.1, 0.15) is 0 Å². The maximum Gasteiger partial charge on any atom is 0.306 e. The van der Waals surface area contributed by atoms with Crippen molar-refractivity contribution in [1.82, 2.24) is 9.29 Å². The SMILES string of the molecule is Cc1ccc(S(=O)(=O)N2CCCCC2)cc1NC(=O)COC(=O)CCc1ccc2ccccc2n1. The van der Waals surface area contributed by atoms with Crippen molar-refractivity contribution in [3.8, 4) is 0 Å². The second kappa shape index (κ2) is 11.0. The molecule has 4 rings (SSSR count). The lowest BCUT2D eigenvalue weighted by Gasteiger charge is -2.26. The molecular formula is C26H29N3O5S. The number of carbonyl (C=O) groups excluding carboxylic acids is 2. The molecule has 0 bridgehead atoms. The van der Waals surface area contributed by atoms with Crippen LogP contribution in [0.25, 0.3) is 10.9 Å². The summed E-state index contributed by atoms with van der Waals surface area (Å²) in [7, 11) is -3.62. The molecule has 1 N–H and O–H groups in total. The number of rotatable bonds is 8. The van der Waals surface area contributed by atoms with E-state index in [1.165, 1.54) is 10.4 Å². The maximum atomic E-state index is 13.0. The minimum absolute atomic E-state index is 0.0984. The van der Waals surface area contributed by atoms with Crippen LogP contribution < -0.4 is 5.32 Å². The second-order valence-electron chi connectivity index (χ2n) is 8.65. The van der Waals surface area contributed by atoms with Crippen LogP contribution in [0.1, 0.15) is 36.9 Å². The Hall–Kier alpha value is -3.30. The zero-order valence-corrected chi connectivity index (χ0v) is 20.5. The van der Waals surface area contributed by atoms with Crippen LogP contribution in [-0.4, -0.2) is 49.3 Å². The van der Waals surface area contributed by atoms with Gasteiger partial charge >= 0.3 is 5.97 Å². The van der Waals surface area contributed by atoms with Gasteiger partial charge in [-0.15, -0.1) is 0 Å². The Bertz CT molecular complexity index is 1330. The standard InChI is InChI=1S/C26H29N3O5S/c1-19-9-13-22(35(32,33)29-15-5-2-6-16-29)17-24(19)28-25(30)18-34-26(31)14-12-21-11-10-20-7-3-4-8-23(20)27-21/h3-4,7-11,13,17H,2,5-6,12,14-16,18H2,1H3,(H,28,30). The van der Waals surface area contributed by atoms with Gasteiger partial charge in [-0.1, -0.05) is 36.8 Å². The molecule has 0 unspecified atom stereocenters. The lowest BCUT2D eigenvalue weighted by molar-refractivity contribution is -0.147. The number of amides is 1. The highest BCUT2D eigenvalue weighted by atomic mass is 32.2. The van der Waals surface area contributed by atoms with Crippen molar-refractivity contribution in [1.29, 1.82) is 0 Å². The molecule has 0 spiro atoms. The molecule has 1 aliphatic rings. The van der Waals surface area contributed by atoms with Gasteiger partial charge in [-0.25, -0.2) is 8.42 Å². The number of pyridine rings is 1. The summed E-state index contributed by atoms with van der Waals surface area (Å²) in [6, 6.07) is 16.2. The van der Waals surface area contributed by atoms with Crippen molar-refractivity contribution in [3.05, 3.63) is 65.9 Å². The van der Waals surface area contributed by atoms with Crippen molar-refractivity contribution in [2.24, 2.45) is 0 Å². The average molecular weight is 496 g/mol. The van der Waals surface area contributed by atoms with Gasteiger partial charge in [-0.05, 0) is 49.6 Å². The molecule has 1 aliphatic heterocycles. The monoisotopic (exact) mass is 495 g/mol. The number of hydrogen-bond acceptors (Lipinski definition) is 6. The summed E-state index contributed by atoms with van der Waals surface area (Å²) in [4.78, 5) is 29.2. The van der Waals surface area contributed by atoms with E-state index in [9.17, 15) is 18.0 Å². The highest BCUT2D eigenvalue weighted by molar-refractivity contribution is 7.89. The first-order chi connectivity index (χ1) is 16.8. The van der Waals surface area contributed by atoms with E-state index in [1.807, 2.05) is 36.4 Å². The average Bonchev–Trinajstić information content (AvgIpc) is 2.87. The van der Waals surface area contributed by atoms with E-state index < -0.39 is 28.5 Å². The molecule has 0 radical (unpaired) electrons. The number of piperidine rings is 1. The topological polar surface area (TPSA) is 106 Å². The molecule has 9 heteroatoms. The Balaban J connectivity index is 1.30. The molecule has 1 aromatic heterocycles. The fourth-order valence-electron chi connectivity index (χ4n) is 4.03. The lowest BCUT2D eigenvalue weighted by atomic mass is 10.1. The van der Waals surface area contributed by atoms with Crippen LogP contribution in [0.4, 0.5) is 5.69 Å². The number of aromatic nitrogens is 1. The van der Waals surface area contributed by atoms with Crippen LogP contribution in [0.3, 0.4) is 0 Å². The van der Waals surface area contributed by atoms with E-state index in [0.29, 0.717) is 30.8 Å². The minimum atomic E-state index is -3.62. The molecule has 0 saturated carbocycles. The molecule has 1 amide bonds. The van der Waals surface area contributed by atoms with Gasteiger partial charge in [0.05, 0.1) is 16.8 Å². The molecule has 0 aliphatic carbocycles. The van der Waals surface area contributed by atoms with Crippen LogP contribution in [0, 0.1) is 6.92 Å². The zero-order chi connectivity index (χ0) is 24.8. The molecule has 1 fully saturated rings. The number of para-hydroxylation sites is 1. The van der Waals surface area contributed by atoms with Crippen molar-refractivity contribution >= 4 is 38.5 Å². The molecule has 2 heterocycles. The van der Waals surface area contributed by atoms with Crippen molar-refractivity contribution in [3.63, 3.8) is 0 Å². The summed E-state index contributed by atoms with van der Waals surface area (Å²) in [5, 5.41) is 3.69. The molecular weight excluding hydrogens is 466 g/mol. The van der Waals surface area contributed by atoms with Crippen LogP contribution in [0.15, 0.2) is 59.5 Å². The van der Waals surface area contributed by atoms with Crippen LogP contribution in [0.5, 0.6) is 0 Å². The largest absolute Gasteiger partial charge is 0.456 e. The minimum Gasteiger partial charge on any atom is -0.456 e. The first-order valence-electron chi connectivity index (χ1n) is 11.7. The van der Waals surface area contributed by atoms with Crippen molar-refractivity contribution in [2.75, 3.05) is 25.0 Å². The summed E-state index contributed by atoms with van der Waals surface area (Å²) in [5.74, 6) is -1.04. The summed E-state index contributed by atoms with van der Waals surface area (Å²) in [6.45, 7) is 2.33. The molecule has 35 heavy (non-hydrogen) atoms. The number of carbonyl (C=O) groups is 2. The first kappa shape index (κ1) is 24.8. The zero-order valence-electron chi connectivity index (χ0n) is 19.7. The second-order valence-corrected chi connectivity index (χ2v) is 10.6. The van der Waals surface area contributed by atoms with Gasteiger partial charge < -0.3 is 10.1 Å². The van der Waals surface area contributed by atoms with Crippen LogP contribution >= 0.6 is 0 Å². The smallest absolute Gasteiger partial charge is 0.306 e. The molecule has 184 valence electrons. The molecule has 3 aromatic rings. The number of ether oxygens (including phenoxy) is 1. The van der Waals surface area contributed by atoms with E-state index in [1.54, 1.807) is 19.1 Å². The molecule has 0 atom stereocenters. The number of sulfonamides is 1. The van der Waals surface area contributed by atoms with E-state index in [2.05, 4.69) is 10.3 Å². The van der Waals surface area contributed by atoms with E-state index in [-0.39, 0.29) is 11.3 Å². The highest BCUT2D eigenvalue weighted by Gasteiger charge is 2.26. The number of benzene rings is 2. The number of nitrogens with zero attached hydrogens (tertiary/aromatic N) is 2. The Morgan fingerprint density at radius 2 is 1.80 bits per heavy atom. The van der Waals surface area contributed by atoms with Gasteiger partial charge in [-0.3, -0.25) is 14.6 Å². The summed E-state index contributed by atoms with van der Waals surface area (Å²) in [5.41, 5.74) is 2.72.